The van der Waals surface area contributed by atoms with Crippen LogP contribution in [0.2, 0.25) is 5.02 Å². The first-order chi connectivity index (χ1) is 9.51. The molecule has 0 fully saturated rings. The van der Waals surface area contributed by atoms with Crippen molar-refractivity contribution in [2.24, 2.45) is 5.16 Å². The second-order valence-electron chi connectivity index (χ2n) is 3.84. The van der Waals surface area contributed by atoms with Gasteiger partial charge in [-0.25, -0.2) is 4.98 Å². The van der Waals surface area contributed by atoms with E-state index in [4.69, 9.17) is 16.8 Å². The number of rotatable bonds is 3. The molecule has 0 saturated heterocycles. The van der Waals surface area contributed by atoms with Crippen LogP contribution in [0.4, 0.5) is 5.13 Å². The molecule has 2 rings (SSSR count). The van der Waals surface area contributed by atoms with Gasteiger partial charge in [0.05, 0.1) is 5.56 Å². The summed E-state index contributed by atoms with van der Waals surface area (Å²) in [6.07, 6.45) is 0. The molecule has 1 aromatic heterocycles. The standard InChI is InChI=1S/C12H10ClN3O3S/c1-6(16-19)9-5-20-12(14-9)15-11(18)8-4-7(13)2-3-10(8)17/h2-5,17,19H,1H3,(H,14,15,18). The molecule has 0 unspecified atom stereocenters. The van der Waals surface area contributed by atoms with Crippen LogP contribution in [-0.2, 0) is 0 Å². The summed E-state index contributed by atoms with van der Waals surface area (Å²) in [5, 5.41) is 26.1. The molecule has 0 radical (unpaired) electrons. The van der Waals surface area contributed by atoms with Gasteiger partial charge in [-0.05, 0) is 25.1 Å². The van der Waals surface area contributed by atoms with E-state index in [1.807, 2.05) is 0 Å². The summed E-state index contributed by atoms with van der Waals surface area (Å²) < 4.78 is 0. The van der Waals surface area contributed by atoms with Gasteiger partial charge in [-0.3, -0.25) is 10.1 Å². The predicted octanol–water partition coefficient (Wildman–Crippen LogP) is 2.95. The molecule has 3 N–H and O–H groups in total. The topological polar surface area (TPSA) is 94.8 Å². The van der Waals surface area contributed by atoms with Gasteiger partial charge in [0.15, 0.2) is 5.13 Å². The summed E-state index contributed by atoms with van der Waals surface area (Å²) in [5.41, 5.74) is 0.859. The lowest BCUT2D eigenvalue weighted by Gasteiger charge is -2.04. The van der Waals surface area contributed by atoms with Crippen LogP contribution in [0.1, 0.15) is 23.0 Å². The number of benzene rings is 1. The zero-order valence-electron chi connectivity index (χ0n) is 10.3. The Bertz CT molecular complexity index is 684. The van der Waals surface area contributed by atoms with Crippen molar-refractivity contribution < 1.29 is 15.1 Å². The minimum absolute atomic E-state index is 0.0572. The number of hydrogen-bond acceptors (Lipinski definition) is 6. The Labute approximate surface area is 123 Å². The molecule has 2 aromatic rings. The molecule has 8 heteroatoms. The first-order valence-corrected chi connectivity index (χ1v) is 6.71. The fraction of sp³-hybridized carbons (Fsp3) is 0.0833. The maximum atomic E-state index is 12.0. The van der Waals surface area contributed by atoms with Crippen LogP contribution in [-0.4, -0.2) is 26.9 Å². The van der Waals surface area contributed by atoms with Gasteiger partial charge in [-0.2, -0.15) is 0 Å². The van der Waals surface area contributed by atoms with Crippen LogP contribution in [0.25, 0.3) is 0 Å². The Kier molecular flexibility index (Phi) is 4.21. The van der Waals surface area contributed by atoms with Crippen molar-refractivity contribution in [3.8, 4) is 5.75 Å². The Morgan fingerprint density at radius 3 is 2.95 bits per heavy atom. The zero-order chi connectivity index (χ0) is 14.7. The number of nitrogens with one attached hydrogen (secondary N) is 1. The van der Waals surface area contributed by atoms with E-state index in [1.54, 1.807) is 12.3 Å². The number of halogens is 1. The molecule has 0 atom stereocenters. The third-order valence-corrected chi connectivity index (χ3v) is 3.44. The lowest BCUT2D eigenvalue weighted by molar-refractivity contribution is 0.102. The molecule has 1 aromatic carbocycles. The van der Waals surface area contributed by atoms with Crippen molar-refractivity contribution in [2.45, 2.75) is 6.92 Å². The monoisotopic (exact) mass is 311 g/mol. The van der Waals surface area contributed by atoms with Crippen molar-refractivity contribution in [3.63, 3.8) is 0 Å². The van der Waals surface area contributed by atoms with Gasteiger partial charge in [0, 0.05) is 10.4 Å². The molecule has 104 valence electrons. The molecular formula is C12H10ClN3O3S. The smallest absolute Gasteiger partial charge is 0.261 e. The molecule has 0 bridgehead atoms. The maximum absolute atomic E-state index is 12.0. The van der Waals surface area contributed by atoms with E-state index < -0.39 is 5.91 Å². The Hall–Kier alpha value is -2.12. The summed E-state index contributed by atoms with van der Waals surface area (Å²) in [6.45, 7) is 1.59. The number of phenolic OH excluding ortho intramolecular Hbond substituents is 1. The van der Waals surface area contributed by atoms with Gasteiger partial charge >= 0.3 is 0 Å². The molecule has 0 aliphatic carbocycles. The van der Waals surface area contributed by atoms with E-state index >= 15 is 0 Å². The summed E-state index contributed by atoms with van der Waals surface area (Å²) in [5.74, 6) is -0.693. The van der Waals surface area contributed by atoms with Gasteiger partial charge in [-0.15, -0.1) is 11.3 Å². The highest BCUT2D eigenvalue weighted by atomic mass is 35.5. The van der Waals surface area contributed by atoms with Crippen LogP contribution < -0.4 is 5.32 Å². The summed E-state index contributed by atoms with van der Waals surface area (Å²) in [7, 11) is 0. The molecule has 0 spiro atoms. The lowest BCUT2D eigenvalue weighted by Crippen LogP contribution is -2.12. The van der Waals surface area contributed by atoms with Gasteiger partial charge in [0.2, 0.25) is 0 Å². The number of aromatic nitrogens is 1. The summed E-state index contributed by atoms with van der Waals surface area (Å²) in [4.78, 5) is 16.1. The highest BCUT2D eigenvalue weighted by molar-refractivity contribution is 7.14. The van der Waals surface area contributed by atoms with Crippen LogP contribution in [0.15, 0.2) is 28.7 Å². The minimum atomic E-state index is -0.524. The number of oxime groups is 1. The van der Waals surface area contributed by atoms with Crippen molar-refractivity contribution in [1.82, 2.24) is 4.98 Å². The number of nitrogens with zero attached hydrogens (tertiary/aromatic N) is 2. The van der Waals surface area contributed by atoms with E-state index in [1.165, 1.54) is 29.5 Å². The molecule has 1 amide bonds. The largest absolute Gasteiger partial charge is 0.507 e. The van der Waals surface area contributed by atoms with Crippen LogP contribution in [0.5, 0.6) is 5.75 Å². The van der Waals surface area contributed by atoms with Gasteiger partial charge in [0.1, 0.15) is 17.2 Å². The van der Waals surface area contributed by atoms with Crippen LogP contribution >= 0.6 is 22.9 Å². The van der Waals surface area contributed by atoms with Crippen molar-refractivity contribution in [2.75, 3.05) is 5.32 Å². The van der Waals surface area contributed by atoms with Crippen LogP contribution in [0.3, 0.4) is 0 Å². The average molecular weight is 312 g/mol. The van der Waals surface area contributed by atoms with Gasteiger partial charge < -0.3 is 10.3 Å². The normalized spacial score (nSPS) is 11.4. The van der Waals surface area contributed by atoms with E-state index in [2.05, 4.69) is 15.5 Å². The Balaban J connectivity index is 2.19. The van der Waals surface area contributed by atoms with Crippen molar-refractivity contribution in [1.29, 1.82) is 0 Å². The number of phenols is 1. The number of aromatic hydroxyl groups is 1. The highest BCUT2D eigenvalue weighted by Gasteiger charge is 2.14. The van der Waals surface area contributed by atoms with E-state index in [0.29, 0.717) is 21.6 Å². The Morgan fingerprint density at radius 1 is 1.50 bits per heavy atom. The maximum Gasteiger partial charge on any atom is 0.261 e. The molecular weight excluding hydrogens is 302 g/mol. The first-order valence-electron chi connectivity index (χ1n) is 5.45. The first kappa shape index (κ1) is 14.3. The molecule has 0 aliphatic heterocycles. The van der Waals surface area contributed by atoms with E-state index in [0.717, 1.165) is 0 Å². The zero-order valence-corrected chi connectivity index (χ0v) is 11.9. The second kappa shape index (κ2) is 5.89. The number of hydrogen-bond donors (Lipinski definition) is 3. The number of carbonyl (C=O) groups is 1. The number of amides is 1. The molecule has 0 saturated carbocycles. The fourth-order valence-corrected chi connectivity index (χ4v) is 2.32. The van der Waals surface area contributed by atoms with Gasteiger partial charge in [-0.1, -0.05) is 16.8 Å². The quantitative estimate of drug-likeness (QED) is 0.461. The highest BCUT2D eigenvalue weighted by Crippen LogP contribution is 2.23. The molecule has 20 heavy (non-hydrogen) atoms. The predicted molar refractivity (Wildman–Crippen MR) is 77.2 cm³/mol. The summed E-state index contributed by atoms with van der Waals surface area (Å²) >= 11 is 6.96. The molecule has 0 aliphatic rings. The third-order valence-electron chi connectivity index (χ3n) is 2.45. The SMILES string of the molecule is CC(=NO)c1csc(NC(=O)c2cc(Cl)ccc2O)n1. The van der Waals surface area contributed by atoms with Crippen LogP contribution in [0, 0.1) is 0 Å². The third kappa shape index (κ3) is 3.06. The summed E-state index contributed by atoms with van der Waals surface area (Å²) in [6, 6.07) is 4.19. The number of carbonyl (C=O) groups excluding carboxylic acids is 1. The molecule has 6 nitrogen and oxygen atoms in total. The number of anilines is 1. The Morgan fingerprint density at radius 2 is 2.25 bits per heavy atom. The lowest BCUT2D eigenvalue weighted by atomic mass is 10.2. The minimum Gasteiger partial charge on any atom is -0.507 e. The van der Waals surface area contributed by atoms with Gasteiger partial charge in [0.25, 0.3) is 5.91 Å². The number of thiazole rings is 1. The van der Waals surface area contributed by atoms with E-state index in [9.17, 15) is 9.90 Å². The van der Waals surface area contributed by atoms with Crippen molar-refractivity contribution >= 4 is 39.7 Å². The molecule has 1 heterocycles. The van der Waals surface area contributed by atoms with E-state index in [-0.39, 0.29) is 11.3 Å². The fourth-order valence-electron chi connectivity index (χ4n) is 1.40. The second-order valence-corrected chi connectivity index (χ2v) is 5.13. The average Bonchev–Trinajstić information content (AvgIpc) is 2.89. The van der Waals surface area contributed by atoms with Crippen molar-refractivity contribution in [3.05, 3.63) is 39.9 Å².